The van der Waals surface area contributed by atoms with Crippen LogP contribution >= 0.6 is 0 Å². The summed E-state index contributed by atoms with van der Waals surface area (Å²) in [5, 5.41) is 0. The third-order valence-corrected chi connectivity index (χ3v) is 2.76. The molecule has 1 aliphatic carbocycles. The zero-order chi connectivity index (χ0) is 10.1. The first-order valence-corrected chi connectivity index (χ1v) is 4.66. The summed E-state index contributed by atoms with van der Waals surface area (Å²) in [5.74, 6) is -0.241. The molecule has 0 saturated heterocycles. The van der Waals surface area contributed by atoms with Gasteiger partial charge in [0.25, 0.3) is 0 Å². The second-order valence-corrected chi connectivity index (χ2v) is 3.57. The monoisotopic (exact) mass is 190 g/mol. The molecule has 1 aromatic carbocycles. The molecule has 0 amide bonds. The van der Waals surface area contributed by atoms with Crippen LogP contribution < -0.4 is 0 Å². The Hall–Kier alpha value is -1.44. The van der Waals surface area contributed by atoms with Gasteiger partial charge < -0.3 is 0 Å². The van der Waals surface area contributed by atoms with Gasteiger partial charge in [0, 0.05) is 0 Å². The van der Waals surface area contributed by atoms with E-state index in [-0.39, 0.29) is 5.82 Å². The van der Waals surface area contributed by atoms with Gasteiger partial charge in [0.05, 0.1) is 0 Å². The Morgan fingerprint density at radius 3 is 2.86 bits per heavy atom. The van der Waals surface area contributed by atoms with Crippen LogP contribution in [0.25, 0.3) is 5.57 Å². The van der Waals surface area contributed by atoms with Gasteiger partial charge in [-0.25, -0.2) is 4.39 Å². The molecule has 1 aromatic rings. The number of rotatable bonds is 1. The Balaban J connectivity index is 2.60. The van der Waals surface area contributed by atoms with Crippen molar-refractivity contribution < 1.29 is 9.18 Å². The second-order valence-electron chi connectivity index (χ2n) is 3.57. The van der Waals surface area contributed by atoms with Crippen molar-refractivity contribution in [2.24, 2.45) is 0 Å². The van der Waals surface area contributed by atoms with Gasteiger partial charge in [-0.15, -0.1) is 0 Å². The SMILES string of the molecule is CC1=C(C=O)CCc2ccc(F)cc21. The number of carbonyl (C=O) groups excluding carboxylic acids is 1. The normalized spacial score (nSPS) is 15.3. The summed E-state index contributed by atoms with van der Waals surface area (Å²) in [7, 11) is 0. The largest absolute Gasteiger partial charge is 0.298 e. The predicted octanol–water partition coefficient (Wildman–Crippen LogP) is 2.74. The number of aryl methyl sites for hydroxylation is 1. The minimum Gasteiger partial charge on any atom is -0.298 e. The molecule has 0 aromatic heterocycles. The van der Waals surface area contributed by atoms with Crippen molar-refractivity contribution in [3.63, 3.8) is 0 Å². The fourth-order valence-electron chi connectivity index (χ4n) is 1.89. The molecule has 0 spiro atoms. The van der Waals surface area contributed by atoms with Crippen molar-refractivity contribution >= 4 is 11.9 Å². The number of halogens is 1. The number of aldehydes is 1. The van der Waals surface area contributed by atoms with E-state index in [0.29, 0.717) is 0 Å². The van der Waals surface area contributed by atoms with Crippen molar-refractivity contribution in [3.8, 4) is 0 Å². The highest BCUT2D eigenvalue weighted by Gasteiger charge is 2.15. The Kier molecular flexibility index (Phi) is 2.20. The first-order valence-electron chi connectivity index (χ1n) is 4.66. The zero-order valence-electron chi connectivity index (χ0n) is 8.01. The Morgan fingerprint density at radius 1 is 1.36 bits per heavy atom. The molecule has 0 saturated carbocycles. The van der Waals surface area contributed by atoms with E-state index in [9.17, 15) is 9.18 Å². The summed E-state index contributed by atoms with van der Waals surface area (Å²) >= 11 is 0. The second kappa shape index (κ2) is 3.37. The number of benzene rings is 1. The lowest BCUT2D eigenvalue weighted by atomic mass is 9.87. The summed E-state index contributed by atoms with van der Waals surface area (Å²) in [4.78, 5) is 10.7. The molecule has 0 heterocycles. The van der Waals surface area contributed by atoms with E-state index in [4.69, 9.17) is 0 Å². The first kappa shape index (κ1) is 9.13. The van der Waals surface area contributed by atoms with Gasteiger partial charge in [-0.1, -0.05) is 6.07 Å². The van der Waals surface area contributed by atoms with Crippen LogP contribution in [0.1, 0.15) is 24.5 Å². The summed E-state index contributed by atoms with van der Waals surface area (Å²) < 4.78 is 13.0. The molecule has 1 aliphatic rings. The Bertz CT molecular complexity index is 418. The van der Waals surface area contributed by atoms with Gasteiger partial charge >= 0.3 is 0 Å². The van der Waals surface area contributed by atoms with Gasteiger partial charge in [-0.05, 0) is 54.2 Å². The fourth-order valence-corrected chi connectivity index (χ4v) is 1.89. The topological polar surface area (TPSA) is 17.1 Å². The molecular formula is C12H11FO. The quantitative estimate of drug-likeness (QED) is 0.622. The first-order chi connectivity index (χ1) is 6.72. The van der Waals surface area contributed by atoms with Gasteiger partial charge in [0.2, 0.25) is 0 Å². The van der Waals surface area contributed by atoms with Gasteiger partial charge in [-0.2, -0.15) is 0 Å². The summed E-state index contributed by atoms with van der Waals surface area (Å²) in [5.41, 5.74) is 3.73. The molecule has 0 bridgehead atoms. The summed E-state index contributed by atoms with van der Waals surface area (Å²) in [6.07, 6.45) is 2.48. The fraction of sp³-hybridized carbons (Fsp3) is 0.250. The number of fused-ring (bicyclic) bond motifs is 1. The van der Waals surface area contributed by atoms with Gasteiger partial charge in [0.1, 0.15) is 12.1 Å². The van der Waals surface area contributed by atoms with Crippen molar-refractivity contribution in [1.82, 2.24) is 0 Å². The lowest BCUT2D eigenvalue weighted by molar-refractivity contribution is -0.105. The zero-order valence-corrected chi connectivity index (χ0v) is 8.01. The molecule has 1 nitrogen and oxygen atoms in total. The molecular weight excluding hydrogens is 179 g/mol. The van der Waals surface area contributed by atoms with Crippen molar-refractivity contribution in [3.05, 3.63) is 40.7 Å². The van der Waals surface area contributed by atoms with Crippen molar-refractivity contribution in [2.45, 2.75) is 19.8 Å². The highest BCUT2D eigenvalue weighted by molar-refractivity contribution is 5.89. The maximum atomic E-state index is 13.0. The summed E-state index contributed by atoms with van der Waals surface area (Å²) in [6, 6.07) is 4.78. The lowest BCUT2D eigenvalue weighted by Crippen LogP contribution is -2.04. The minimum atomic E-state index is -0.241. The molecule has 72 valence electrons. The molecule has 0 N–H and O–H groups in total. The molecule has 0 fully saturated rings. The molecule has 2 rings (SSSR count). The molecule has 14 heavy (non-hydrogen) atoms. The average molecular weight is 190 g/mol. The molecule has 0 radical (unpaired) electrons. The van der Waals surface area contributed by atoms with Gasteiger partial charge in [-0.3, -0.25) is 4.79 Å². The van der Waals surface area contributed by atoms with Crippen LogP contribution in [0.5, 0.6) is 0 Å². The number of hydrogen-bond acceptors (Lipinski definition) is 1. The Morgan fingerprint density at radius 2 is 2.14 bits per heavy atom. The van der Waals surface area contributed by atoms with E-state index >= 15 is 0 Å². The number of hydrogen-bond donors (Lipinski definition) is 0. The molecule has 2 heteroatoms. The van der Waals surface area contributed by atoms with Crippen LogP contribution in [0.15, 0.2) is 23.8 Å². The van der Waals surface area contributed by atoms with Crippen LogP contribution in [-0.4, -0.2) is 6.29 Å². The maximum Gasteiger partial charge on any atom is 0.146 e. The van der Waals surface area contributed by atoms with E-state index < -0.39 is 0 Å². The molecule has 0 unspecified atom stereocenters. The van der Waals surface area contributed by atoms with E-state index in [1.165, 1.54) is 12.1 Å². The summed E-state index contributed by atoms with van der Waals surface area (Å²) in [6.45, 7) is 1.88. The van der Waals surface area contributed by atoms with Crippen LogP contribution in [0, 0.1) is 5.82 Å². The van der Waals surface area contributed by atoms with Crippen LogP contribution in [-0.2, 0) is 11.2 Å². The molecule has 0 aliphatic heterocycles. The minimum absolute atomic E-state index is 0.241. The number of allylic oxidation sites excluding steroid dienone is 2. The van der Waals surface area contributed by atoms with Crippen LogP contribution in [0.2, 0.25) is 0 Å². The van der Waals surface area contributed by atoms with Crippen LogP contribution in [0.4, 0.5) is 4.39 Å². The highest BCUT2D eigenvalue weighted by Crippen LogP contribution is 2.30. The van der Waals surface area contributed by atoms with E-state index in [2.05, 4.69) is 0 Å². The van der Waals surface area contributed by atoms with Crippen LogP contribution in [0.3, 0.4) is 0 Å². The smallest absolute Gasteiger partial charge is 0.146 e. The lowest BCUT2D eigenvalue weighted by Gasteiger charge is -2.17. The van der Waals surface area contributed by atoms with Gasteiger partial charge in [0.15, 0.2) is 0 Å². The van der Waals surface area contributed by atoms with E-state index in [1.807, 2.05) is 6.92 Å². The number of carbonyl (C=O) groups is 1. The highest BCUT2D eigenvalue weighted by atomic mass is 19.1. The van der Waals surface area contributed by atoms with E-state index in [0.717, 1.165) is 41.4 Å². The standard InChI is InChI=1S/C12H11FO/c1-8-10(7-14)3-2-9-4-5-11(13)6-12(8)9/h4-7H,2-3H2,1H3. The van der Waals surface area contributed by atoms with Crippen molar-refractivity contribution in [1.29, 1.82) is 0 Å². The predicted molar refractivity (Wildman–Crippen MR) is 53.4 cm³/mol. The van der Waals surface area contributed by atoms with E-state index in [1.54, 1.807) is 6.07 Å². The average Bonchev–Trinajstić information content (AvgIpc) is 2.20. The van der Waals surface area contributed by atoms with Crippen molar-refractivity contribution in [2.75, 3.05) is 0 Å². The molecule has 0 atom stereocenters. The third-order valence-electron chi connectivity index (χ3n) is 2.76. The maximum absolute atomic E-state index is 13.0. The Labute approximate surface area is 82.3 Å². The third kappa shape index (κ3) is 1.37.